The van der Waals surface area contributed by atoms with Crippen LogP contribution in [0.5, 0.6) is 5.75 Å². The molecular weight excluding hydrogens is 388 g/mol. The number of rotatable bonds is 5. The van der Waals surface area contributed by atoms with Gasteiger partial charge in [-0.05, 0) is 69.5 Å². The number of aliphatic hydroxyl groups is 1. The van der Waals surface area contributed by atoms with Crippen molar-refractivity contribution in [3.63, 3.8) is 0 Å². The third kappa shape index (κ3) is 3.42. The third-order valence-corrected chi connectivity index (χ3v) is 4.07. The van der Waals surface area contributed by atoms with Gasteiger partial charge >= 0.3 is 0 Å². The van der Waals surface area contributed by atoms with E-state index in [1.165, 1.54) is 0 Å². The summed E-state index contributed by atoms with van der Waals surface area (Å²) >= 11 is 6.93. The molecule has 0 spiro atoms. The predicted octanol–water partition coefficient (Wildman–Crippen LogP) is 3.81. The molecule has 6 heteroatoms. The first-order valence-corrected chi connectivity index (χ1v) is 7.88. The molecule has 0 atom stereocenters. The molecule has 4 nitrogen and oxygen atoms in total. The number of ether oxygens (including phenoxy) is 1. The fourth-order valence-corrected chi connectivity index (χ4v) is 3.49. The Morgan fingerprint density at radius 2 is 1.90 bits per heavy atom. The molecule has 1 heterocycles. The average molecular weight is 404 g/mol. The first-order chi connectivity index (χ1) is 9.55. The van der Waals surface area contributed by atoms with Crippen molar-refractivity contribution >= 4 is 31.9 Å². The molecule has 1 aromatic heterocycles. The number of halogens is 2. The zero-order chi connectivity index (χ0) is 14.7. The van der Waals surface area contributed by atoms with Crippen LogP contribution < -0.4 is 4.74 Å². The first-order valence-electron chi connectivity index (χ1n) is 6.30. The molecule has 0 radical (unpaired) electrons. The van der Waals surface area contributed by atoms with Gasteiger partial charge in [0.1, 0.15) is 12.4 Å². The van der Waals surface area contributed by atoms with Gasteiger partial charge in [-0.3, -0.25) is 4.68 Å². The van der Waals surface area contributed by atoms with Gasteiger partial charge in [0.2, 0.25) is 0 Å². The van der Waals surface area contributed by atoms with Gasteiger partial charge in [-0.2, -0.15) is 5.10 Å². The van der Waals surface area contributed by atoms with Crippen molar-refractivity contribution in [3.05, 3.63) is 44.1 Å². The van der Waals surface area contributed by atoms with Crippen LogP contribution in [-0.4, -0.2) is 14.9 Å². The summed E-state index contributed by atoms with van der Waals surface area (Å²) in [5, 5.41) is 13.6. The molecule has 0 aliphatic heterocycles. The maximum absolute atomic E-state index is 9.16. The summed E-state index contributed by atoms with van der Waals surface area (Å²) in [4.78, 5) is 0. The monoisotopic (exact) mass is 402 g/mol. The van der Waals surface area contributed by atoms with Crippen molar-refractivity contribution in [2.24, 2.45) is 0 Å². The van der Waals surface area contributed by atoms with E-state index in [-0.39, 0.29) is 6.61 Å². The van der Waals surface area contributed by atoms with Gasteiger partial charge < -0.3 is 9.84 Å². The van der Waals surface area contributed by atoms with E-state index < -0.39 is 0 Å². The zero-order valence-corrected chi connectivity index (χ0v) is 14.5. The summed E-state index contributed by atoms with van der Waals surface area (Å²) in [7, 11) is 0. The van der Waals surface area contributed by atoms with Crippen molar-refractivity contribution < 1.29 is 9.84 Å². The molecule has 2 aromatic rings. The van der Waals surface area contributed by atoms with Crippen LogP contribution in [0.2, 0.25) is 0 Å². The normalized spacial score (nSPS) is 10.8. The smallest absolute Gasteiger partial charge is 0.148 e. The topological polar surface area (TPSA) is 47.3 Å². The highest BCUT2D eigenvalue weighted by atomic mass is 79.9. The SMILES string of the molecule is CCn1nc(C)cc1COc1c(Br)cc(CO)cc1Br. The van der Waals surface area contributed by atoms with Gasteiger partial charge in [0.25, 0.3) is 0 Å². The highest BCUT2D eigenvalue weighted by molar-refractivity contribution is 9.11. The van der Waals surface area contributed by atoms with E-state index in [0.717, 1.165) is 38.2 Å². The minimum absolute atomic E-state index is 0.000714. The van der Waals surface area contributed by atoms with Crippen LogP contribution in [0.15, 0.2) is 27.1 Å². The van der Waals surface area contributed by atoms with Gasteiger partial charge in [0.05, 0.1) is 26.9 Å². The Morgan fingerprint density at radius 1 is 1.25 bits per heavy atom. The lowest BCUT2D eigenvalue weighted by Crippen LogP contribution is -2.06. The molecule has 0 saturated carbocycles. The largest absolute Gasteiger partial charge is 0.485 e. The number of aromatic nitrogens is 2. The second kappa shape index (κ2) is 6.74. The molecule has 0 bridgehead atoms. The number of aryl methyl sites for hydroxylation is 2. The maximum atomic E-state index is 9.16. The summed E-state index contributed by atoms with van der Waals surface area (Å²) < 4.78 is 9.43. The minimum atomic E-state index is -0.000714. The Morgan fingerprint density at radius 3 is 2.45 bits per heavy atom. The van der Waals surface area contributed by atoms with Crippen LogP contribution in [0.1, 0.15) is 23.9 Å². The number of hydrogen-bond acceptors (Lipinski definition) is 3. The van der Waals surface area contributed by atoms with Crippen LogP contribution in [0.4, 0.5) is 0 Å². The van der Waals surface area contributed by atoms with Crippen molar-refractivity contribution in [1.29, 1.82) is 0 Å². The highest BCUT2D eigenvalue weighted by Gasteiger charge is 2.11. The van der Waals surface area contributed by atoms with E-state index in [1.54, 1.807) is 0 Å². The van der Waals surface area contributed by atoms with Gasteiger partial charge in [0.15, 0.2) is 0 Å². The number of nitrogens with zero attached hydrogens (tertiary/aromatic N) is 2. The molecular formula is C14H16Br2N2O2. The van der Waals surface area contributed by atoms with Crippen molar-refractivity contribution in [1.82, 2.24) is 9.78 Å². The van der Waals surface area contributed by atoms with E-state index in [4.69, 9.17) is 9.84 Å². The van der Waals surface area contributed by atoms with E-state index in [0.29, 0.717) is 6.61 Å². The summed E-state index contributed by atoms with van der Waals surface area (Å²) in [6.07, 6.45) is 0. The quantitative estimate of drug-likeness (QED) is 0.825. The van der Waals surface area contributed by atoms with Crippen LogP contribution in [0.25, 0.3) is 0 Å². The van der Waals surface area contributed by atoms with Crippen LogP contribution in [0.3, 0.4) is 0 Å². The van der Waals surface area contributed by atoms with Gasteiger partial charge in [-0.1, -0.05) is 0 Å². The van der Waals surface area contributed by atoms with E-state index in [2.05, 4.69) is 43.9 Å². The Balaban J connectivity index is 2.18. The van der Waals surface area contributed by atoms with Crippen molar-refractivity contribution in [3.8, 4) is 5.75 Å². The zero-order valence-electron chi connectivity index (χ0n) is 11.4. The van der Waals surface area contributed by atoms with E-state index in [1.807, 2.05) is 29.8 Å². The molecule has 0 aliphatic carbocycles. The second-order valence-corrected chi connectivity index (χ2v) is 6.14. The summed E-state index contributed by atoms with van der Waals surface area (Å²) in [5.74, 6) is 0.726. The Kier molecular flexibility index (Phi) is 5.23. The van der Waals surface area contributed by atoms with Gasteiger partial charge in [-0.25, -0.2) is 0 Å². The molecule has 0 fully saturated rings. The number of hydrogen-bond donors (Lipinski definition) is 1. The molecule has 1 aromatic carbocycles. The summed E-state index contributed by atoms with van der Waals surface area (Å²) in [6, 6.07) is 5.72. The molecule has 0 amide bonds. The van der Waals surface area contributed by atoms with Crippen LogP contribution in [0, 0.1) is 6.92 Å². The lowest BCUT2D eigenvalue weighted by molar-refractivity contribution is 0.278. The average Bonchev–Trinajstić information content (AvgIpc) is 2.77. The maximum Gasteiger partial charge on any atom is 0.148 e. The molecule has 1 N–H and O–H groups in total. The lowest BCUT2D eigenvalue weighted by atomic mass is 10.2. The van der Waals surface area contributed by atoms with Crippen LogP contribution >= 0.6 is 31.9 Å². The number of aliphatic hydroxyl groups excluding tert-OH is 1. The van der Waals surface area contributed by atoms with Gasteiger partial charge in [-0.15, -0.1) is 0 Å². The van der Waals surface area contributed by atoms with E-state index in [9.17, 15) is 0 Å². The fraction of sp³-hybridized carbons (Fsp3) is 0.357. The molecule has 108 valence electrons. The summed E-state index contributed by atoms with van der Waals surface area (Å²) in [6.45, 7) is 5.29. The Bertz CT molecular complexity index is 588. The third-order valence-electron chi connectivity index (χ3n) is 2.89. The molecule has 0 saturated heterocycles. The highest BCUT2D eigenvalue weighted by Crippen LogP contribution is 2.35. The molecule has 20 heavy (non-hydrogen) atoms. The van der Waals surface area contributed by atoms with Crippen molar-refractivity contribution in [2.45, 2.75) is 33.6 Å². The van der Waals surface area contributed by atoms with Crippen LogP contribution in [-0.2, 0) is 19.8 Å². The first kappa shape index (κ1) is 15.5. The number of benzene rings is 1. The summed E-state index contributed by atoms with van der Waals surface area (Å²) in [5.41, 5.74) is 2.85. The lowest BCUT2D eigenvalue weighted by Gasteiger charge is -2.12. The molecule has 2 rings (SSSR count). The molecule has 0 unspecified atom stereocenters. The predicted molar refractivity (Wildman–Crippen MR) is 84.7 cm³/mol. The second-order valence-electron chi connectivity index (χ2n) is 4.43. The van der Waals surface area contributed by atoms with Crippen molar-refractivity contribution in [2.75, 3.05) is 0 Å². The Hall–Kier alpha value is -0.850. The standard InChI is InChI=1S/C14H16Br2N2O2/c1-3-18-11(4-9(2)17-18)8-20-14-12(15)5-10(7-19)6-13(14)16/h4-6,19H,3,7-8H2,1-2H3. The molecule has 0 aliphatic rings. The van der Waals surface area contributed by atoms with E-state index >= 15 is 0 Å². The fourth-order valence-electron chi connectivity index (χ4n) is 1.98. The minimum Gasteiger partial charge on any atom is -0.485 e. The Labute approximate surface area is 135 Å². The van der Waals surface area contributed by atoms with Gasteiger partial charge in [0, 0.05) is 6.54 Å².